The molecule has 0 spiro atoms. The van der Waals surface area contributed by atoms with Gasteiger partial charge >= 0.3 is 0 Å². The minimum Gasteiger partial charge on any atom is -0.329 e. The first-order chi connectivity index (χ1) is 8.69. The van der Waals surface area contributed by atoms with Crippen LogP contribution in [-0.2, 0) is 0 Å². The second kappa shape index (κ2) is 5.55. The van der Waals surface area contributed by atoms with Gasteiger partial charge < -0.3 is 10.3 Å². The maximum absolute atomic E-state index is 11.9. The Hall–Kier alpha value is -2.01. The predicted octanol–water partition coefficient (Wildman–Crippen LogP) is 2.35. The van der Waals surface area contributed by atoms with Crippen LogP contribution in [0.1, 0.15) is 10.4 Å². The van der Waals surface area contributed by atoms with E-state index in [1.54, 1.807) is 17.8 Å². The minimum atomic E-state index is -0.294. The molecule has 18 heavy (non-hydrogen) atoms. The summed E-state index contributed by atoms with van der Waals surface area (Å²) in [5.74, 6) is -0.294. The highest BCUT2D eigenvalue weighted by atomic mass is 32.2. The quantitative estimate of drug-likeness (QED) is 0.833. The van der Waals surface area contributed by atoms with Crippen LogP contribution in [0.25, 0.3) is 0 Å². The van der Waals surface area contributed by atoms with E-state index >= 15 is 0 Å². The lowest BCUT2D eigenvalue weighted by atomic mass is 10.2. The molecule has 2 rings (SSSR count). The van der Waals surface area contributed by atoms with Gasteiger partial charge in [0, 0.05) is 28.4 Å². The van der Waals surface area contributed by atoms with Crippen molar-refractivity contribution >= 4 is 23.4 Å². The van der Waals surface area contributed by atoms with E-state index in [4.69, 9.17) is 0 Å². The lowest BCUT2D eigenvalue weighted by molar-refractivity contribution is 0.102. The number of thioether (sulfide) groups is 1. The van der Waals surface area contributed by atoms with Gasteiger partial charge in [-0.15, -0.1) is 11.8 Å². The molecule has 1 heterocycles. The van der Waals surface area contributed by atoms with E-state index in [-0.39, 0.29) is 11.5 Å². The van der Waals surface area contributed by atoms with E-state index in [1.165, 1.54) is 12.3 Å². The van der Waals surface area contributed by atoms with Crippen molar-refractivity contribution in [2.75, 3.05) is 11.6 Å². The highest BCUT2D eigenvalue weighted by Crippen LogP contribution is 2.17. The van der Waals surface area contributed by atoms with Crippen molar-refractivity contribution in [2.24, 2.45) is 0 Å². The van der Waals surface area contributed by atoms with Crippen molar-refractivity contribution in [1.82, 2.24) is 4.98 Å². The Morgan fingerprint density at radius 1 is 1.22 bits per heavy atom. The number of hydrogen-bond donors (Lipinski definition) is 2. The Labute approximate surface area is 108 Å². The first-order valence-electron chi connectivity index (χ1n) is 5.33. The Balaban J connectivity index is 2.13. The molecule has 1 amide bonds. The summed E-state index contributed by atoms with van der Waals surface area (Å²) in [4.78, 5) is 26.5. The largest absolute Gasteiger partial charge is 0.329 e. The number of anilines is 1. The Morgan fingerprint density at radius 2 is 1.94 bits per heavy atom. The summed E-state index contributed by atoms with van der Waals surface area (Å²) in [6.45, 7) is 0. The average Bonchev–Trinajstić information content (AvgIpc) is 2.39. The fourth-order valence-corrected chi connectivity index (χ4v) is 1.87. The van der Waals surface area contributed by atoms with Crippen LogP contribution in [0, 0.1) is 0 Å². The summed E-state index contributed by atoms with van der Waals surface area (Å²) in [7, 11) is 0. The lowest BCUT2D eigenvalue weighted by Crippen LogP contribution is -2.15. The number of pyridine rings is 1. The Bertz CT molecular complexity index is 605. The summed E-state index contributed by atoms with van der Waals surface area (Å²) in [5, 5.41) is 2.74. The van der Waals surface area contributed by atoms with Crippen LogP contribution in [0.5, 0.6) is 0 Å². The molecule has 1 aromatic carbocycles. The van der Waals surface area contributed by atoms with Crippen molar-refractivity contribution in [3.05, 3.63) is 58.5 Å². The third-order valence-electron chi connectivity index (χ3n) is 2.39. The molecule has 0 atom stereocenters. The zero-order valence-electron chi connectivity index (χ0n) is 9.77. The second-order valence-corrected chi connectivity index (χ2v) is 4.50. The van der Waals surface area contributed by atoms with Gasteiger partial charge in [0.25, 0.3) is 5.91 Å². The molecular weight excluding hydrogens is 248 g/mol. The summed E-state index contributed by atoms with van der Waals surface area (Å²) >= 11 is 1.64. The molecule has 2 aromatic rings. The molecule has 5 heteroatoms. The first-order valence-corrected chi connectivity index (χ1v) is 6.55. The fraction of sp³-hybridized carbons (Fsp3) is 0.0769. The zero-order chi connectivity index (χ0) is 13.0. The smallest absolute Gasteiger partial charge is 0.255 e. The topological polar surface area (TPSA) is 62.0 Å². The van der Waals surface area contributed by atoms with E-state index in [2.05, 4.69) is 10.3 Å². The number of rotatable bonds is 3. The molecule has 1 aromatic heterocycles. The molecule has 4 nitrogen and oxygen atoms in total. The molecule has 0 fully saturated rings. The van der Waals surface area contributed by atoms with Crippen LogP contribution in [0.2, 0.25) is 0 Å². The molecule has 0 aliphatic carbocycles. The summed E-state index contributed by atoms with van der Waals surface area (Å²) in [6.07, 6.45) is 3.44. The van der Waals surface area contributed by atoms with Crippen molar-refractivity contribution < 1.29 is 4.79 Å². The molecule has 0 radical (unpaired) electrons. The monoisotopic (exact) mass is 260 g/mol. The van der Waals surface area contributed by atoms with E-state index < -0.39 is 0 Å². The van der Waals surface area contributed by atoms with Crippen LogP contribution < -0.4 is 10.9 Å². The SMILES string of the molecule is CSc1ccc(NC(=O)c2cc[nH]c(=O)c2)cc1. The highest BCUT2D eigenvalue weighted by Gasteiger charge is 2.06. The minimum absolute atomic E-state index is 0.291. The molecule has 2 N–H and O–H groups in total. The molecule has 0 saturated heterocycles. The third-order valence-corrected chi connectivity index (χ3v) is 3.13. The number of nitrogens with one attached hydrogen (secondary N) is 2. The number of carbonyl (C=O) groups is 1. The standard InChI is InChI=1S/C13H12N2O2S/c1-18-11-4-2-10(3-5-11)15-13(17)9-6-7-14-12(16)8-9/h2-8H,1H3,(H,14,16)(H,15,17). The fourth-order valence-electron chi connectivity index (χ4n) is 1.46. The second-order valence-electron chi connectivity index (χ2n) is 3.62. The van der Waals surface area contributed by atoms with E-state index in [0.29, 0.717) is 11.3 Å². The highest BCUT2D eigenvalue weighted by molar-refractivity contribution is 7.98. The van der Waals surface area contributed by atoms with Gasteiger partial charge in [-0.2, -0.15) is 0 Å². The maximum Gasteiger partial charge on any atom is 0.255 e. The molecule has 0 aliphatic heterocycles. The van der Waals surface area contributed by atoms with Gasteiger partial charge in [0.1, 0.15) is 0 Å². The van der Waals surface area contributed by atoms with E-state index in [9.17, 15) is 9.59 Å². The van der Waals surface area contributed by atoms with E-state index in [0.717, 1.165) is 4.90 Å². The maximum atomic E-state index is 11.9. The summed E-state index contributed by atoms with van der Waals surface area (Å²) < 4.78 is 0. The van der Waals surface area contributed by atoms with Gasteiger partial charge in [0.05, 0.1) is 0 Å². The van der Waals surface area contributed by atoms with E-state index in [1.807, 2.05) is 30.5 Å². The van der Waals surface area contributed by atoms with Gasteiger partial charge in [-0.3, -0.25) is 9.59 Å². The van der Waals surface area contributed by atoms with Crippen molar-refractivity contribution in [3.8, 4) is 0 Å². The zero-order valence-corrected chi connectivity index (χ0v) is 10.6. The number of aromatic nitrogens is 1. The number of hydrogen-bond acceptors (Lipinski definition) is 3. The van der Waals surface area contributed by atoms with Gasteiger partial charge in [0.15, 0.2) is 0 Å². The third kappa shape index (κ3) is 3.01. The predicted molar refractivity (Wildman–Crippen MR) is 73.2 cm³/mol. The normalized spacial score (nSPS) is 10.1. The lowest BCUT2D eigenvalue weighted by Gasteiger charge is -2.05. The van der Waals surface area contributed by atoms with Crippen molar-refractivity contribution in [3.63, 3.8) is 0 Å². The van der Waals surface area contributed by atoms with Gasteiger partial charge in [-0.1, -0.05) is 0 Å². The van der Waals surface area contributed by atoms with Crippen LogP contribution >= 0.6 is 11.8 Å². The van der Waals surface area contributed by atoms with Crippen LogP contribution in [-0.4, -0.2) is 17.1 Å². The molecule has 0 bridgehead atoms. The van der Waals surface area contributed by atoms with Crippen LogP contribution in [0.3, 0.4) is 0 Å². The number of benzene rings is 1. The Morgan fingerprint density at radius 3 is 2.56 bits per heavy atom. The van der Waals surface area contributed by atoms with Gasteiger partial charge in [-0.05, 0) is 36.6 Å². The molecule has 0 aliphatic rings. The van der Waals surface area contributed by atoms with Gasteiger partial charge in [-0.25, -0.2) is 0 Å². The summed E-state index contributed by atoms with van der Waals surface area (Å²) in [5.41, 5.74) is 0.756. The van der Waals surface area contributed by atoms with Crippen molar-refractivity contribution in [2.45, 2.75) is 4.90 Å². The first kappa shape index (κ1) is 12.4. The number of aromatic amines is 1. The molecule has 92 valence electrons. The summed E-state index contributed by atoms with van der Waals surface area (Å²) in [6, 6.07) is 10.3. The van der Waals surface area contributed by atoms with Crippen LogP contribution in [0.4, 0.5) is 5.69 Å². The van der Waals surface area contributed by atoms with Crippen LogP contribution in [0.15, 0.2) is 52.3 Å². The number of carbonyl (C=O) groups excluding carboxylic acids is 1. The number of H-pyrrole nitrogens is 1. The Kier molecular flexibility index (Phi) is 3.84. The van der Waals surface area contributed by atoms with Gasteiger partial charge in [0.2, 0.25) is 5.56 Å². The molecule has 0 unspecified atom stereocenters. The molecular formula is C13H12N2O2S. The molecule has 0 saturated carbocycles. The van der Waals surface area contributed by atoms with Crippen molar-refractivity contribution in [1.29, 1.82) is 0 Å². The average molecular weight is 260 g/mol. The number of amides is 1.